The minimum Gasteiger partial charge on any atom is -0.508 e. The van der Waals surface area contributed by atoms with Gasteiger partial charge in [-0.1, -0.05) is 18.2 Å². The largest absolute Gasteiger partial charge is 0.508 e. The van der Waals surface area contributed by atoms with Crippen LogP contribution < -0.4 is 10.3 Å². The fourth-order valence-electron chi connectivity index (χ4n) is 2.10. The van der Waals surface area contributed by atoms with Gasteiger partial charge in [-0.3, -0.25) is 5.43 Å². The van der Waals surface area contributed by atoms with Crippen LogP contribution in [0.1, 0.15) is 5.69 Å². The highest BCUT2D eigenvalue weighted by Gasteiger charge is 2.14. The molecule has 0 amide bonds. The van der Waals surface area contributed by atoms with E-state index in [1.54, 1.807) is 37.3 Å². The standard InChI is InChI=1S/C15H14N4O3S/c1-10-13-8-7-11(20)9-14(13)17-15(16-10)18-19-23(21,22)12-5-3-2-4-6-12/h2-9,19-20H,1H3,(H,16,17,18). The second kappa shape index (κ2) is 5.82. The van der Waals surface area contributed by atoms with E-state index in [1.165, 1.54) is 18.2 Å². The van der Waals surface area contributed by atoms with Crippen LogP contribution in [0.25, 0.3) is 10.9 Å². The van der Waals surface area contributed by atoms with E-state index in [4.69, 9.17) is 0 Å². The molecule has 8 heteroatoms. The molecule has 1 aromatic heterocycles. The smallest absolute Gasteiger partial charge is 0.257 e. The van der Waals surface area contributed by atoms with Crippen molar-refractivity contribution in [2.45, 2.75) is 11.8 Å². The summed E-state index contributed by atoms with van der Waals surface area (Å²) >= 11 is 0. The lowest BCUT2D eigenvalue weighted by Crippen LogP contribution is -2.30. The predicted octanol–water partition coefficient (Wildman–Crippen LogP) is 1.95. The number of phenolic OH excluding ortho intramolecular Hbond substituents is 1. The van der Waals surface area contributed by atoms with Crippen LogP contribution in [0.2, 0.25) is 0 Å². The van der Waals surface area contributed by atoms with Crippen LogP contribution in [0, 0.1) is 6.92 Å². The van der Waals surface area contributed by atoms with Gasteiger partial charge in [-0.2, -0.15) is 0 Å². The summed E-state index contributed by atoms with van der Waals surface area (Å²) in [5.41, 5.74) is 3.67. The van der Waals surface area contributed by atoms with Gasteiger partial charge in [0.2, 0.25) is 5.95 Å². The number of aryl methyl sites for hydroxylation is 1. The highest BCUT2D eigenvalue weighted by atomic mass is 32.2. The van der Waals surface area contributed by atoms with Crippen molar-refractivity contribution in [3.8, 4) is 5.75 Å². The van der Waals surface area contributed by atoms with E-state index < -0.39 is 10.0 Å². The van der Waals surface area contributed by atoms with Crippen molar-refractivity contribution in [3.05, 3.63) is 54.2 Å². The van der Waals surface area contributed by atoms with Crippen molar-refractivity contribution in [2.24, 2.45) is 0 Å². The molecule has 0 spiro atoms. The monoisotopic (exact) mass is 330 g/mol. The summed E-state index contributed by atoms with van der Waals surface area (Å²) in [5, 5.41) is 10.3. The molecule has 0 unspecified atom stereocenters. The summed E-state index contributed by atoms with van der Waals surface area (Å²) in [5.74, 6) is 0.173. The van der Waals surface area contributed by atoms with Crippen molar-refractivity contribution in [1.82, 2.24) is 14.8 Å². The lowest BCUT2D eigenvalue weighted by atomic mass is 10.2. The second-order valence-corrected chi connectivity index (χ2v) is 6.56. The molecular weight excluding hydrogens is 316 g/mol. The van der Waals surface area contributed by atoms with Gasteiger partial charge in [0.05, 0.1) is 16.1 Å². The van der Waals surface area contributed by atoms with E-state index >= 15 is 0 Å². The molecule has 23 heavy (non-hydrogen) atoms. The number of rotatable bonds is 4. The Hall–Kier alpha value is -2.71. The van der Waals surface area contributed by atoms with Crippen LogP contribution in [0.4, 0.5) is 5.95 Å². The van der Waals surface area contributed by atoms with E-state index in [2.05, 4.69) is 20.2 Å². The van der Waals surface area contributed by atoms with Gasteiger partial charge in [0.15, 0.2) is 0 Å². The van der Waals surface area contributed by atoms with Crippen molar-refractivity contribution in [3.63, 3.8) is 0 Å². The second-order valence-electron chi connectivity index (χ2n) is 4.88. The molecule has 3 aromatic rings. The molecule has 118 valence electrons. The number of fused-ring (bicyclic) bond motifs is 1. The third-order valence-corrected chi connectivity index (χ3v) is 4.49. The Labute approximate surface area is 133 Å². The highest BCUT2D eigenvalue weighted by molar-refractivity contribution is 7.89. The zero-order valence-electron chi connectivity index (χ0n) is 12.2. The number of hydrazine groups is 1. The van der Waals surface area contributed by atoms with E-state index in [0.717, 1.165) is 5.39 Å². The molecular formula is C15H14N4O3S. The Morgan fingerprint density at radius 2 is 1.78 bits per heavy atom. The van der Waals surface area contributed by atoms with Crippen molar-refractivity contribution < 1.29 is 13.5 Å². The van der Waals surface area contributed by atoms with Crippen LogP contribution in [0.5, 0.6) is 5.75 Å². The first-order chi connectivity index (χ1) is 11.0. The van der Waals surface area contributed by atoms with Gasteiger partial charge in [0.25, 0.3) is 10.0 Å². The number of benzene rings is 2. The molecule has 1 heterocycles. The molecule has 3 rings (SSSR count). The first-order valence-electron chi connectivity index (χ1n) is 6.76. The number of aromatic hydroxyl groups is 1. The lowest BCUT2D eigenvalue weighted by molar-refractivity contribution is 0.476. The third kappa shape index (κ3) is 3.22. The average molecular weight is 330 g/mol. The average Bonchev–Trinajstić information content (AvgIpc) is 2.53. The van der Waals surface area contributed by atoms with Gasteiger partial charge in [0, 0.05) is 11.5 Å². The zero-order chi connectivity index (χ0) is 16.4. The number of nitrogens with zero attached hydrogens (tertiary/aromatic N) is 2. The van der Waals surface area contributed by atoms with E-state index in [1.807, 2.05) is 0 Å². The van der Waals surface area contributed by atoms with Gasteiger partial charge in [0.1, 0.15) is 5.75 Å². The Balaban J connectivity index is 1.88. The summed E-state index contributed by atoms with van der Waals surface area (Å²) in [6.45, 7) is 1.78. The minimum absolute atomic E-state index is 0.0754. The molecule has 0 aliphatic carbocycles. The van der Waals surface area contributed by atoms with E-state index in [0.29, 0.717) is 11.2 Å². The molecule has 0 saturated carbocycles. The van der Waals surface area contributed by atoms with E-state index in [9.17, 15) is 13.5 Å². The molecule has 0 saturated heterocycles. The van der Waals surface area contributed by atoms with Crippen LogP contribution in [0.15, 0.2) is 53.4 Å². The summed E-state index contributed by atoms with van der Waals surface area (Å²) in [4.78, 5) is 10.7. The number of nitrogens with one attached hydrogen (secondary N) is 2. The van der Waals surface area contributed by atoms with Crippen LogP contribution >= 0.6 is 0 Å². The lowest BCUT2D eigenvalue weighted by Gasteiger charge is -2.10. The van der Waals surface area contributed by atoms with Crippen LogP contribution in [-0.2, 0) is 10.0 Å². The zero-order valence-corrected chi connectivity index (χ0v) is 13.0. The molecule has 0 aliphatic rings. The molecule has 2 aromatic carbocycles. The number of anilines is 1. The van der Waals surface area contributed by atoms with E-state index in [-0.39, 0.29) is 16.6 Å². The molecule has 7 nitrogen and oxygen atoms in total. The molecule has 0 bridgehead atoms. The third-order valence-electron chi connectivity index (χ3n) is 3.22. The number of hydrogen-bond donors (Lipinski definition) is 3. The molecule has 0 aliphatic heterocycles. The molecule has 3 N–H and O–H groups in total. The molecule has 0 atom stereocenters. The van der Waals surface area contributed by atoms with Gasteiger partial charge in [-0.25, -0.2) is 18.4 Å². The number of phenols is 1. The summed E-state index contributed by atoms with van der Waals surface area (Å²) < 4.78 is 24.3. The fraction of sp³-hybridized carbons (Fsp3) is 0.0667. The maximum atomic E-state index is 12.1. The highest BCUT2D eigenvalue weighted by Crippen LogP contribution is 2.21. The fourth-order valence-corrected chi connectivity index (χ4v) is 2.96. The van der Waals surface area contributed by atoms with Crippen molar-refractivity contribution in [2.75, 3.05) is 5.43 Å². The molecule has 0 radical (unpaired) electrons. The summed E-state index contributed by atoms with van der Waals surface area (Å²) in [6.07, 6.45) is 0. The van der Waals surface area contributed by atoms with Gasteiger partial charge < -0.3 is 5.11 Å². The van der Waals surface area contributed by atoms with Crippen molar-refractivity contribution >= 4 is 26.9 Å². The quantitative estimate of drug-likeness (QED) is 0.632. The Morgan fingerprint density at radius 1 is 1.04 bits per heavy atom. The maximum absolute atomic E-state index is 12.1. The normalized spacial score (nSPS) is 11.5. The minimum atomic E-state index is -3.72. The van der Waals surface area contributed by atoms with Gasteiger partial charge >= 0.3 is 0 Å². The topological polar surface area (TPSA) is 104 Å². The van der Waals surface area contributed by atoms with Crippen LogP contribution in [0.3, 0.4) is 0 Å². The summed E-state index contributed by atoms with van der Waals surface area (Å²) in [6, 6.07) is 12.7. The number of hydrogen-bond acceptors (Lipinski definition) is 6. The van der Waals surface area contributed by atoms with Gasteiger partial charge in [-0.15, -0.1) is 4.83 Å². The Kier molecular flexibility index (Phi) is 3.85. The van der Waals surface area contributed by atoms with Crippen molar-refractivity contribution in [1.29, 1.82) is 0 Å². The van der Waals surface area contributed by atoms with Gasteiger partial charge in [-0.05, 0) is 31.2 Å². The Morgan fingerprint density at radius 3 is 2.52 bits per heavy atom. The maximum Gasteiger partial charge on any atom is 0.257 e. The molecule has 0 fully saturated rings. The van der Waals surface area contributed by atoms with Crippen LogP contribution in [-0.4, -0.2) is 23.5 Å². The predicted molar refractivity (Wildman–Crippen MR) is 86.3 cm³/mol. The number of sulfonamides is 1. The SMILES string of the molecule is Cc1nc(NNS(=O)(=O)c2ccccc2)nc2cc(O)ccc12. The summed E-state index contributed by atoms with van der Waals surface area (Å²) in [7, 11) is -3.72. The first kappa shape index (κ1) is 15.2. The Bertz CT molecular complexity index is 959. The number of aromatic nitrogens is 2. The first-order valence-corrected chi connectivity index (χ1v) is 8.24.